The molecule has 0 heterocycles. The molecular formula is C13H28. The molecule has 0 heteroatoms. The van der Waals surface area contributed by atoms with Gasteiger partial charge in [-0.25, -0.2) is 0 Å². The molecule has 0 aromatic heterocycles. The summed E-state index contributed by atoms with van der Waals surface area (Å²) in [4.78, 5) is 0. The summed E-state index contributed by atoms with van der Waals surface area (Å²) in [6, 6.07) is 0. The van der Waals surface area contributed by atoms with Crippen molar-refractivity contribution in [1.29, 1.82) is 0 Å². The molecule has 0 aliphatic rings. The maximum Gasteiger partial charge on any atom is -0.0394 e. The van der Waals surface area contributed by atoms with Gasteiger partial charge in [-0.15, -0.1) is 0 Å². The van der Waals surface area contributed by atoms with E-state index in [4.69, 9.17) is 0 Å². The zero-order valence-electron chi connectivity index (χ0n) is 10.3. The molecule has 0 rings (SSSR count). The highest BCUT2D eigenvalue weighted by atomic mass is 14.2. The number of hydrogen-bond donors (Lipinski definition) is 0. The van der Waals surface area contributed by atoms with E-state index in [9.17, 15) is 0 Å². The van der Waals surface area contributed by atoms with E-state index in [-0.39, 0.29) is 0 Å². The molecule has 0 radical (unpaired) electrons. The summed E-state index contributed by atoms with van der Waals surface area (Å²) < 4.78 is 0. The van der Waals surface area contributed by atoms with Crippen LogP contribution in [0.3, 0.4) is 0 Å². The lowest BCUT2D eigenvalue weighted by atomic mass is 9.85. The standard InChI is InChI=1S/C13H28/c1-6-12(7-2)9-10-13(8-3)11(4)5/h11-13H,6-10H2,1-5H3. The summed E-state index contributed by atoms with van der Waals surface area (Å²) >= 11 is 0. The zero-order chi connectivity index (χ0) is 10.3. The minimum absolute atomic E-state index is 0.874. The maximum atomic E-state index is 2.36. The molecule has 0 nitrogen and oxygen atoms in total. The monoisotopic (exact) mass is 184 g/mol. The molecule has 0 amide bonds. The Bertz CT molecular complexity index is 101. The third-order valence-corrected chi connectivity index (χ3v) is 3.57. The van der Waals surface area contributed by atoms with Gasteiger partial charge in [-0.05, 0) is 24.2 Å². The van der Waals surface area contributed by atoms with E-state index in [1.165, 1.54) is 32.1 Å². The maximum absolute atomic E-state index is 2.36. The summed E-state index contributed by atoms with van der Waals surface area (Å²) in [5, 5.41) is 0. The molecule has 0 N–H and O–H groups in total. The molecule has 1 unspecified atom stereocenters. The third-order valence-electron chi connectivity index (χ3n) is 3.57. The highest BCUT2D eigenvalue weighted by Crippen LogP contribution is 2.25. The van der Waals surface area contributed by atoms with Gasteiger partial charge in [-0.1, -0.05) is 60.3 Å². The summed E-state index contributed by atoms with van der Waals surface area (Å²) in [5.41, 5.74) is 0. The Morgan fingerprint density at radius 2 is 1.31 bits per heavy atom. The quantitative estimate of drug-likeness (QED) is 0.528. The molecular weight excluding hydrogens is 156 g/mol. The van der Waals surface area contributed by atoms with Gasteiger partial charge >= 0.3 is 0 Å². The Morgan fingerprint density at radius 1 is 0.769 bits per heavy atom. The van der Waals surface area contributed by atoms with Gasteiger partial charge in [0.2, 0.25) is 0 Å². The fraction of sp³-hybridized carbons (Fsp3) is 1.00. The second-order valence-electron chi connectivity index (χ2n) is 4.67. The molecule has 0 aliphatic heterocycles. The lowest BCUT2D eigenvalue weighted by Crippen LogP contribution is -2.09. The van der Waals surface area contributed by atoms with Gasteiger partial charge in [-0.3, -0.25) is 0 Å². The van der Waals surface area contributed by atoms with Crippen molar-refractivity contribution in [3.8, 4) is 0 Å². The van der Waals surface area contributed by atoms with E-state index < -0.39 is 0 Å². The van der Waals surface area contributed by atoms with Crippen LogP contribution in [-0.2, 0) is 0 Å². The summed E-state index contributed by atoms with van der Waals surface area (Å²) in [6.45, 7) is 11.7. The predicted molar refractivity (Wildman–Crippen MR) is 61.9 cm³/mol. The molecule has 0 spiro atoms. The second kappa shape index (κ2) is 7.41. The smallest absolute Gasteiger partial charge is 0.0394 e. The molecule has 0 fully saturated rings. The Labute approximate surface area is 85.1 Å². The molecule has 13 heavy (non-hydrogen) atoms. The van der Waals surface area contributed by atoms with Gasteiger partial charge < -0.3 is 0 Å². The molecule has 0 bridgehead atoms. The van der Waals surface area contributed by atoms with Crippen molar-refractivity contribution in [2.45, 2.75) is 66.7 Å². The summed E-state index contributed by atoms with van der Waals surface area (Å²) in [7, 11) is 0. The van der Waals surface area contributed by atoms with Crippen LogP contribution in [0.2, 0.25) is 0 Å². The van der Waals surface area contributed by atoms with Crippen LogP contribution in [0.1, 0.15) is 66.7 Å². The minimum atomic E-state index is 0.874. The zero-order valence-corrected chi connectivity index (χ0v) is 10.3. The van der Waals surface area contributed by atoms with E-state index in [0.717, 1.165) is 17.8 Å². The molecule has 0 aromatic carbocycles. The lowest BCUT2D eigenvalue weighted by molar-refractivity contribution is 0.304. The lowest BCUT2D eigenvalue weighted by Gasteiger charge is -2.21. The van der Waals surface area contributed by atoms with Crippen LogP contribution < -0.4 is 0 Å². The van der Waals surface area contributed by atoms with Crippen molar-refractivity contribution in [2.75, 3.05) is 0 Å². The Kier molecular flexibility index (Phi) is 7.41. The summed E-state index contributed by atoms with van der Waals surface area (Å²) in [6.07, 6.45) is 6.98. The van der Waals surface area contributed by atoms with E-state index in [2.05, 4.69) is 34.6 Å². The molecule has 0 saturated heterocycles. The van der Waals surface area contributed by atoms with E-state index in [0.29, 0.717) is 0 Å². The van der Waals surface area contributed by atoms with Gasteiger partial charge in [0.05, 0.1) is 0 Å². The van der Waals surface area contributed by atoms with Crippen molar-refractivity contribution in [3.63, 3.8) is 0 Å². The largest absolute Gasteiger partial charge is 0.0651 e. The Hall–Kier alpha value is 0. The molecule has 0 aromatic rings. The number of rotatable bonds is 7. The van der Waals surface area contributed by atoms with Crippen LogP contribution in [0.5, 0.6) is 0 Å². The fourth-order valence-corrected chi connectivity index (χ4v) is 2.16. The third kappa shape index (κ3) is 5.33. The van der Waals surface area contributed by atoms with Crippen LogP contribution in [0.15, 0.2) is 0 Å². The first kappa shape index (κ1) is 13.0. The fourth-order valence-electron chi connectivity index (χ4n) is 2.16. The topological polar surface area (TPSA) is 0 Å². The van der Waals surface area contributed by atoms with Gasteiger partial charge in [0.1, 0.15) is 0 Å². The predicted octanol–water partition coefficient (Wildman–Crippen LogP) is 4.89. The van der Waals surface area contributed by atoms with Gasteiger partial charge in [0.15, 0.2) is 0 Å². The van der Waals surface area contributed by atoms with Crippen molar-refractivity contribution in [3.05, 3.63) is 0 Å². The first-order valence-electron chi connectivity index (χ1n) is 6.15. The molecule has 0 saturated carbocycles. The van der Waals surface area contributed by atoms with Crippen LogP contribution in [-0.4, -0.2) is 0 Å². The number of hydrogen-bond acceptors (Lipinski definition) is 0. The van der Waals surface area contributed by atoms with Crippen LogP contribution >= 0.6 is 0 Å². The van der Waals surface area contributed by atoms with Crippen molar-refractivity contribution < 1.29 is 0 Å². The first-order chi connectivity index (χ1) is 6.15. The molecule has 80 valence electrons. The van der Waals surface area contributed by atoms with Crippen LogP contribution in [0.4, 0.5) is 0 Å². The van der Waals surface area contributed by atoms with Crippen molar-refractivity contribution >= 4 is 0 Å². The van der Waals surface area contributed by atoms with E-state index in [1.54, 1.807) is 0 Å². The van der Waals surface area contributed by atoms with Gasteiger partial charge in [0.25, 0.3) is 0 Å². The normalized spacial score (nSPS) is 14.1. The Balaban J connectivity index is 3.69. The van der Waals surface area contributed by atoms with Crippen molar-refractivity contribution in [2.24, 2.45) is 17.8 Å². The minimum Gasteiger partial charge on any atom is -0.0651 e. The second-order valence-corrected chi connectivity index (χ2v) is 4.67. The molecule has 0 aliphatic carbocycles. The Morgan fingerprint density at radius 3 is 1.62 bits per heavy atom. The van der Waals surface area contributed by atoms with E-state index in [1.807, 2.05) is 0 Å². The highest BCUT2D eigenvalue weighted by molar-refractivity contribution is 4.64. The van der Waals surface area contributed by atoms with E-state index >= 15 is 0 Å². The van der Waals surface area contributed by atoms with Gasteiger partial charge in [-0.2, -0.15) is 0 Å². The van der Waals surface area contributed by atoms with Gasteiger partial charge in [0, 0.05) is 0 Å². The van der Waals surface area contributed by atoms with Crippen molar-refractivity contribution in [1.82, 2.24) is 0 Å². The van der Waals surface area contributed by atoms with Crippen LogP contribution in [0.25, 0.3) is 0 Å². The average Bonchev–Trinajstić information content (AvgIpc) is 2.12. The highest BCUT2D eigenvalue weighted by Gasteiger charge is 2.12. The average molecular weight is 184 g/mol. The molecule has 1 atom stereocenters. The SMILES string of the molecule is CCC(CC)CCC(CC)C(C)C. The first-order valence-corrected chi connectivity index (χ1v) is 6.15. The summed E-state index contributed by atoms with van der Waals surface area (Å²) in [5.74, 6) is 2.81. The van der Waals surface area contributed by atoms with Crippen LogP contribution in [0, 0.1) is 17.8 Å².